The first-order valence-corrected chi connectivity index (χ1v) is 10.2. The molecule has 8 nitrogen and oxygen atoms in total. The summed E-state index contributed by atoms with van der Waals surface area (Å²) in [5.74, 6) is -3.53. The number of nitrogens with zero attached hydrogens (tertiary/aromatic N) is 4. The van der Waals surface area contributed by atoms with Crippen molar-refractivity contribution >= 4 is 23.9 Å². The van der Waals surface area contributed by atoms with Crippen LogP contribution in [0, 0.1) is 11.6 Å². The lowest BCUT2D eigenvalue weighted by molar-refractivity contribution is -0.142. The Morgan fingerprint density at radius 1 is 1.22 bits per heavy atom. The quantitative estimate of drug-likeness (QED) is 0.156. The van der Waals surface area contributed by atoms with Gasteiger partial charge in [-0.15, -0.1) is 5.10 Å². The molecule has 0 radical (unpaired) electrons. The van der Waals surface area contributed by atoms with Crippen molar-refractivity contribution in [2.24, 2.45) is 5.10 Å². The third-order valence-corrected chi connectivity index (χ3v) is 5.09. The van der Waals surface area contributed by atoms with Gasteiger partial charge in [-0.05, 0) is 30.3 Å². The largest absolute Gasteiger partial charge is 0.485 e. The topological polar surface area (TPSA) is 94.5 Å². The predicted octanol–water partition coefficient (Wildman–Crippen LogP) is 5.46. The highest BCUT2D eigenvalue weighted by atomic mass is 35.5. The number of hydrazone groups is 1. The van der Waals surface area contributed by atoms with Crippen molar-refractivity contribution in [2.45, 2.75) is 6.18 Å². The van der Waals surface area contributed by atoms with Crippen LogP contribution < -0.4 is 5.43 Å². The summed E-state index contributed by atoms with van der Waals surface area (Å²) < 4.78 is 81.2. The van der Waals surface area contributed by atoms with E-state index in [9.17, 15) is 26.7 Å². The number of hydrogen-bond acceptors (Lipinski definition) is 6. The van der Waals surface area contributed by atoms with E-state index in [1.807, 2.05) is 5.43 Å². The second-order valence-corrected chi connectivity index (χ2v) is 7.45. The van der Waals surface area contributed by atoms with E-state index < -0.39 is 52.0 Å². The van der Waals surface area contributed by atoms with Crippen molar-refractivity contribution in [1.29, 1.82) is 0 Å². The van der Waals surface area contributed by atoms with E-state index in [2.05, 4.69) is 20.1 Å². The Hall–Kier alpha value is -4.26. The summed E-state index contributed by atoms with van der Waals surface area (Å²) >= 11 is 6.09. The molecule has 186 valence electrons. The van der Waals surface area contributed by atoms with Gasteiger partial charge in [-0.1, -0.05) is 28.9 Å². The molecular formula is C22H13ClF5N5O3. The smallest absolute Gasteiger partial charge is 0.434 e. The van der Waals surface area contributed by atoms with E-state index in [4.69, 9.17) is 16.1 Å². The van der Waals surface area contributed by atoms with Crippen molar-refractivity contribution in [3.05, 3.63) is 76.6 Å². The molecule has 0 unspecified atom stereocenters. The van der Waals surface area contributed by atoms with Crippen LogP contribution >= 0.6 is 11.6 Å². The van der Waals surface area contributed by atoms with Crippen LogP contribution in [-0.4, -0.2) is 34.4 Å². The third kappa shape index (κ3) is 4.64. The van der Waals surface area contributed by atoms with Gasteiger partial charge in [-0.3, -0.25) is 4.79 Å². The number of carbonyl (C=O) groups is 1. The second kappa shape index (κ2) is 9.77. The lowest BCUT2D eigenvalue weighted by Crippen LogP contribution is -2.20. The second-order valence-electron chi connectivity index (χ2n) is 7.04. The van der Waals surface area contributed by atoms with E-state index in [-0.39, 0.29) is 16.3 Å². The van der Waals surface area contributed by atoms with Crippen LogP contribution in [0.25, 0.3) is 28.3 Å². The van der Waals surface area contributed by atoms with E-state index in [0.29, 0.717) is 4.68 Å². The number of aromatic nitrogens is 3. The van der Waals surface area contributed by atoms with Gasteiger partial charge in [0.05, 0.1) is 35.1 Å². The van der Waals surface area contributed by atoms with Crippen molar-refractivity contribution < 1.29 is 36.0 Å². The number of carbonyl (C=O) groups excluding carboxylic acids is 1. The summed E-state index contributed by atoms with van der Waals surface area (Å²) in [6, 6.07) is 7.88. The van der Waals surface area contributed by atoms with Crippen LogP contribution in [-0.2, 0) is 10.9 Å². The minimum Gasteiger partial charge on any atom is -0.485 e. The van der Waals surface area contributed by atoms with E-state index in [1.54, 1.807) is 0 Å². The highest BCUT2D eigenvalue weighted by molar-refractivity contribution is 6.33. The molecule has 0 aliphatic carbocycles. The number of halogens is 6. The van der Waals surface area contributed by atoms with Gasteiger partial charge in [-0.25, -0.2) is 18.9 Å². The molecule has 1 N–H and O–H groups in total. The van der Waals surface area contributed by atoms with Crippen molar-refractivity contribution in [3.8, 4) is 28.3 Å². The van der Waals surface area contributed by atoms with E-state index >= 15 is 0 Å². The number of alkyl halides is 3. The van der Waals surface area contributed by atoms with Gasteiger partial charge in [0.15, 0.2) is 17.9 Å². The summed E-state index contributed by atoms with van der Waals surface area (Å²) in [5.41, 5.74) is -1.82. The van der Waals surface area contributed by atoms with Crippen LogP contribution in [0.1, 0.15) is 16.1 Å². The lowest BCUT2D eigenvalue weighted by Gasteiger charge is -2.12. The molecule has 0 aliphatic rings. The standard InChI is InChI=1S/C22H13ClF5N5O3/c1-35-10-29-31-21(34)17-18(16-14(23)6-3-7-15(16)25)32-36-19(17)13-9-30-33(20(13)22(26,27)28)12-5-2-4-11(24)8-12/h2-10H,1H3,(H,31,34). The summed E-state index contributed by atoms with van der Waals surface area (Å²) in [5, 5.41) is 10.7. The Kier molecular flexibility index (Phi) is 6.75. The van der Waals surface area contributed by atoms with Gasteiger partial charge < -0.3 is 9.26 Å². The van der Waals surface area contributed by atoms with Crippen molar-refractivity contribution in [1.82, 2.24) is 20.4 Å². The van der Waals surface area contributed by atoms with Gasteiger partial charge in [0.2, 0.25) is 0 Å². The summed E-state index contributed by atoms with van der Waals surface area (Å²) in [4.78, 5) is 13.0. The predicted molar refractivity (Wildman–Crippen MR) is 117 cm³/mol. The highest BCUT2D eigenvalue weighted by Crippen LogP contribution is 2.42. The highest BCUT2D eigenvalue weighted by Gasteiger charge is 2.42. The summed E-state index contributed by atoms with van der Waals surface area (Å²) in [7, 11) is 1.24. The molecule has 2 aromatic carbocycles. The average molecular weight is 526 g/mol. The Balaban J connectivity index is 1.99. The molecule has 4 rings (SSSR count). The van der Waals surface area contributed by atoms with Crippen LogP contribution in [0.2, 0.25) is 5.02 Å². The molecule has 2 aromatic heterocycles. The Morgan fingerprint density at radius 3 is 2.64 bits per heavy atom. The molecule has 0 bridgehead atoms. The maximum absolute atomic E-state index is 14.7. The zero-order valence-electron chi connectivity index (χ0n) is 18.0. The van der Waals surface area contributed by atoms with Crippen LogP contribution in [0.4, 0.5) is 22.0 Å². The maximum atomic E-state index is 14.7. The third-order valence-electron chi connectivity index (χ3n) is 4.78. The molecule has 36 heavy (non-hydrogen) atoms. The fraction of sp³-hybridized carbons (Fsp3) is 0.0909. The van der Waals surface area contributed by atoms with Crippen LogP contribution in [0.3, 0.4) is 0 Å². The first kappa shape index (κ1) is 24.9. The minimum atomic E-state index is -5.05. The number of rotatable bonds is 6. The molecular weight excluding hydrogens is 513 g/mol. The molecule has 14 heteroatoms. The summed E-state index contributed by atoms with van der Waals surface area (Å²) in [6.45, 7) is 0. The first-order chi connectivity index (χ1) is 17.1. The molecule has 0 spiro atoms. The summed E-state index contributed by atoms with van der Waals surface area (Å²) in [6.07, 6.45) is -3.46. The molecule has 0 fully saturated rings. The monoisotopic (exact) mass is 525 g/mol. The van der Waals surface area contributed by atoms with Gasteiger partial charge in [0, 0.05) is 0 Å². The van der Waals surface area contributed by atoms with Crippen LogP contribution in [0.15, 0.2) is 58.3 Å². The Labute approximate surface area is 203 Å². The zero-order chi connectivity index (χ0) is 26.0. The zero-order valence-corrected chi connectivity index (χ0v) is 18.7. The van der Waals surface area contributed by atoms with Gasteiger partial charge in [0.25, 0.3) is 5.91 Å². The Morgan fingerprint density at radius 2 is 1.97 bits per heavy atom. The number of hydrogen-bond donors (Lipinski definition) is 1. The molecule has 0 saturated carbocycles. The number of benzene rings is 2. The minimum absolute atomic E-state index is 0.184. The molecule has 0 atom stereocenters. The van der Waals surface area contributed by atoms with E-state index in [0.717, 1.165) is 30.8 Å². The van der Waals surface area contributed by atoms with Crippen molar-refractivity contribution in [2.75, 3.05) is 7.11 Å². The SMILES string of the molecule is COC=NNC(=O)c1c(-c2c(F)cccc2Cl)noc1-c1cnn(-c2cccc(F)c2)c1C(F)(F)F. The van der Waals surface area contributed by atoms with Gasteiger partial charge in [-0.2, -0.15) is 18.3 Å². The van der Waals surface area contributed by atoms with E-state index in [1.165, 1.54) is 31.4 Å². The Bertz CT molecular complexity index is 1440. The van der Waals surface area contributed by atoms with Crippen molar-refractivity contribution in [3.63, 3.8) is 0 Å². The van der Waals surface area contributed by atoms with Gasteiger partial charge >= 0.3 is 6.18 Å². The fourth-order valence-electron chi connectivity index (χ4n) is 3.36. The number of methoxy groups -OCH3 is 1. The van der Waals surface area contributed by atoms with Crippen LogP contribution in [0.5, 0.6) is 0 Å². The molecule has 2 heterocycles. The first-order valence-electron chi connectivity index (χ1n) is 9.83. The lowest BCUT2D eigenvalue weighted by atomic mass is 10.0. The maximum Gasteiger partial charge on any atom is 0.434 e. The molecule has 0 aliphatic heterocycles. The molecule has 4 aromatic rings. The van der Waals surface area contributed by atoms with Gasteiger partial charge in [0.1, 0.15) is 22.9 Å². The molecule has 0 saturated heterocycles. The average Bonchev–Trinajstić information content (AvgIpc) is 3.44. The number of nitrogens with one attached hydrogen (secondary N) is 1. The normalized spacial score (nSPS) is 11.8. The number of amides is 1. The number of ether oxygens (including phenoxy) is 1. The molecule has 1 amide bonds. The fourth-order valence-corrected chi connectivity index (χ4v) is 3.62.